The van der Waals surface area contributed by atoms with Crippen LogP contribution in [0.5, 0.6) is 0 Å². The van der Waals surface area contributed by atoms with Crippen LogP contribution < -0.4 is 9.97 Å². The van der Waals surface area contributed by atoms with Crippen molar-refractivity contribution in [3.05, 3.63) is 48.0 Å². The molecule has 0 aliphatic carbocycles. The molecule has 0 aliphatic rings. The Bertz CT molecular complexity index is 391. The Morgan fingerprint density at radius 1 is 0.680 bits per heavy atom. The number of hydrogen-bond acceptors (Lipinski definition) is 3. The van der Waals surface area contributed by atoms with Crippen LogP contribution in [0.1, 0.15) is 25.2 Å². The molecule has 0 atom stereocenters. The van der Waals surface area contributed by atoms with Gasteiger partial charge in [-0.15, -0.1) is 11.4 Å². The molecule has 2 aromatic heterocycles. The third-order valence-corrected chi connectivity index (χ3v) is 2.09. The molecule has 2 rings (SSSR count). The van der Waals surface area contributed by atoms with Crippen LogP contribution in [-0.2, 0) is 34.8 Å². The molecule has 0 saturated carbocycles. The van der Waals surface area contributed by atoms with Gasteiger partial charge in [0.05, 0.1) is 0 Å². The van der Waals surface area contributed by atoms with Gasteiger partial charge in [-0.2, -0.15) is 12.4 Å². The van der Waals surface area contributed by atoms with E-state index in [1.54, 1.807) is 0 Å². The van der Waals surface area contributed by atoms with E-state index in [4.69, 9.17) is 0 Å². The second-order valence-corrected chi connectivity index (χ2v) is 6.11. The van der Waals surface area contributed by atoms with E-state index < -0.39 is 0 Å². The van der Waals surface area contributed by atoms with Gasteiger partial charge in [-0.25, -0.2) is 0 Å². The summed E-state index contributed by atoms with van der Waals surface area (Å²) >= 11 is 0. The third-order valence-electron chi connectivity index (χ3n) is 2.09. The normalized spacial score (nSPS) is 9.28. The van der Waals surface area contributed by atoms with Crippen molar-refractivity contribution in [2.24, 2.45) is 0 Å². The van der Waals surface area contributed by atoms with Crippen LogP contribution in [0.15, 0.2) is 36.7 Å². The van der Waals surface area contributed by atoms with Crippen LogP contribution in [0.2, 0.25) is 0 Å². The van der Waals surface area contributed by atoms with E-state index in [9.17, 15) is 0 Å². The number of aromatic nitrogens is 2. The minimum Gasteiger partial charge on any atom is -0.667 e. The van der Waals surface area contributed by atoms with E-state index in [0.29, 0.717) is 0 Å². The zero-order valence-electron chi connectivity index (χ0n) is 17.6. The van der Waals surface area contributed by atoms with Crippen molar-refractivity contribution < 1.29 is 21.7 Å². The Labute approximate surface area is 170 Å². The Balaban J connectivity index is -0.000000372. The summed E-state index contributed by atoms with van der Waals surface area (Å²) in [5, 5.41) is 0. The number of nitrogens with zero attached hydrogens (tertiary/aromatic N) is 5. The van der Waals surface area contributed by atoms with Gasteiger partial charge in [0, 0.05) is 34.8 Å². The van der Waals surface area contributed by atoms with E-state index in [1.807, 2.05) is 103 Å². The second kappa shape index (κ2) is 19.5. The Kier molecular flexibility index (Phi) is 22.5. The predicted octanol–water partition coefficient (Wildman–Crippen LogP) is 2.61. The average molecular weight is 383 g/mol. The van der Waals surface area contributed by atoms with Crippen molar-refractivity contribution in [1.82, 2.24) is 24.7 Å². The fourth-order valence-corrected chi connectivity index (χ4v) is 1.47. The molecule has 0 bridgehead atoms. The molecule has 2 heterocycles. The molecule has 144 valence electrons. The topological polar surface area (TPSA) is 37.9 Å². The molecule has 0 aromatic carbocycles. The molecule has 0 fully saturated rings. The smallest absolute Gasteiger partial charge is 0.00298 e. The molecule has 6 heteroatoms. The van der Waals surface area contributed by atoms with Crippen LogP contribution in [-0.4, -0.2) is 64.0 Å². The van der Waals surface area contributed by atoms with Crippen LogP contribution in [0, 0.1) is 0 Å². The van der Waals surface area contributed by atoms with Crippen molar-refractivity contribution in [3.63, 3.8) is 0 Å². The van der Waals surface area contributed by atoms with E-state index in [2.05, 4.69) is 21.9 Å². The summed E-state index contributed by atoms with van der Waals surface area (Å²) in [5.41, 5.74) is 2.22. The molecular weight excluding hydrogens is 346 g/mol. The maximum absolute atomic E-state index is 4.22. The third kappa shape index (κ3) is 23.2. The molecule has 0 saturated heterocycles. The van der Waals surface area contributed by atoms with E-state index >= 15 is 0 Å². The zero-order chi connectivity index (χ0) is 19.0. The van der Waals surface area contributed by atoms with E-state index in [0.717, 1.165) is 24.5 Å². The summed E-state index contributed by atoms with van der Waals surface area (Å²) in [6.45, 7) is 5.75. The SMILES string of the molecule is CC.CN(C)C.CN(C)C.CN(Cc1ccc[n-]1)Cc1ccc[n-]1.[Ti]. The minimum atomic E-state index is 0. The molecule has 25 heavy (non-hydrogen) atoms. The monoisotopic (exact) mass is 383 g/mol. The van der Waals surface area contributed by atoms with Crippen molar-refractivity contribution in [2.75, 3.05) is 49.3 Å². The Morgan fingerprint density at radius 2 is 0.960 bits per heavy atom. The standard InChI is InChI=1S/C11H13N3.2C3H9N.C2H6.Ti/c1-14(8-10-4-2-6-12-10)9-11-5-3-7-13-11;2*1-4(2)3;1-2;/h2-7H,8-9H2,1H3;2*1-3H3;1-2H3;/q-2;;;;. The summed E-state index contributed by atoms with van der Waals surface area (Å²) in [7, 11) is 14.1. The van der Waals surface area contributed by atoms with Crippen molar-refractivity contribution >= 4 is 0 Å². The molecule has 0 aliphatic heterocycles. The molecule has 0 radical (unpaired) electrons. The van der Waals surface area contributed by atoms with Crippen LogP contribution in [0.25, 0.3) is 0 Å². The molecule has 2 aromatic rings. The fraction of sp³-hybridized carbons (Fsp3) is 0.579. The summed E-state index contributed by atoms with van der Waals surface area (Å²) in [4.78, 5) is 14.6. The molecule has 0 spiro atoms. The fourth-order valence-electron chi connectivity index (χ4n) is 1.47. The molecular formula is C19H37N5Ti-2. The van der Waals surface area contributed by atoms with Gasteiger partial charge >= 0.3 is 0 Å². The van der Waals surface area contributed by atoms with Crippen LogP contribution >= 0.6 is 0 Å². The van der Waals surface area contributed by atoms with Crippen LogP contribution in [0.3, 0.4) is 0 Å². The predicted molar refractivity (Wildman–Crippen MR) is 105 cm³/mol. The van der Waals surface area contributed by atoms with Gasteiger partial charge < -0.3 is 24.7 Å². The number of hydrogen-bond donors (Lipinski definition) is 0. The van der Waals surface area contributed by atoms with Crippen LogP contribution in [0.4, 0.5) is 0 Å². The first kappa shape index (κ1) is 28.9. The Morgan fingerprint density at radius 3 is 1.16 bits per heavy atom. The summed E-state index contributed by atoms with van der Waals surface area (Å²) in [6.07, 6.45) is 3.65. The van der Waals surface area contributed by atoms with E-state index in [1.165, 1.54) is 0 Å². The summed E-state index contributed by atoms with van der Waals surface area (Å²) < 4.78 is 0. The molecule has 0 N–H and O–H groups in total. The average Bonchev–Trinajstić information content (AvgIpc) is 3.13. The molecule has 0 amide bonds. The van der Waals surface area contributed by atoms with E-state index in [-0.39, 0.29) is 21.7 Å². The van der Waals surface area contributed by atoms with Gasteiger partial charge in [0.2, 0.25) is 0 Å². The summed E-state index contributed by atoms with van der Waals surface area (Å²) in [6, 6.07) is 8.00. The van der Waals surface area contributed by atoms with Crippen molar-refractivity contribution in [2.45, 2.75) is 26.9 Å². The first-order valence-electron chi connectivity index (χ1n) is 8.34. The Hall–Kier alpha value is -0.846. The minimum absolute atomic E-state index is 0. The molecule has 0 unspecified atom stereocenters. The zero-order valence-corrected chi connectivity index (χ0v) is 19.2. The van der Waals surface area contributed by atoms with Gasteiger partial charge in [-0.3, -0.25) is 0 Å². The van der Waals surface area contributed by atoms with Gasteiger partial charge in [0.25, 0.3) is 0 Å². The van der Waals surface area contributed by atoms with Crippen molar-refractivity contribution in [1.29, 1.82) is 0 Å². The van der Waals surface area contributed by atoms with Crippen molar-refractivity contribution in [3.8, 4) is 0 Å². The molecule has 5 nitrogen and oxygen atoms in total. The summed E-state index contributed by atoms with van der Waals surface area (Å²) in [5.74, 6) is 0. The van der Waals surface area contributed by atoms with Gasteiger partial charge in [-0.05, 0) is 49.3 Å². The maximum atomic E-state index is 4.22. The van der Waals surface area contributed by atoms with Gasteiger partial charge in [0.15, 0.2) is 0 Å². The second-order valence-electron chi connectivity index (χ2n) is 6.11. The maximum Gasteiger partial charge on any atom is 0.00298 e. The first-order valence-corrected chi connectivity index (χ1v) is 8.34. The van der Waals surface area contributed by atoms with Gasteiger partial charge in [-0.1, -0.05) is 38.1 Å². The number of rotatable bonds is 4. The quantitative estimate of drug-likeness (QED) is 0.759. The largest absolute Gasteiger partial charge is 0.667 e. The first-order chi connectivity index (χ1) is 11.3. The van der Waals surface area contributed by atoms with Gasteiger partial charge in [0.1, 0.15) is 0 Å².